The number of amides is 1. The summed E-state index contributed by atoms with van der Waals surface area (Å²) in [5.41, 5.74) is 0.526. The van der Waals surface area contributed by atoms with Gasteiger partial charge < -0.3 is 10.1 Å². The normalized spacial score (nSPS) is 15.0. The fourth-order valence-electron chi connectivity index (χ4n) is 3.30. The molecule has 1 aliphatic heterocycles. The Bertz CT molecular complexity index is 1020. The molecule has 162 valence electrons. The number of aryl methyl sites for hydroxylation is 1. The van der Waals surface area contributed by atoms with E-state index in [1.165, 1.54) is 27.8 Å². The number of anilines is 1. The van der Waals surface area contributed by atoms with Crippen LogP contribution in [0.2, 0.25) is 0 Å². The van der Waals surface area contributed by atoms with Gasteiger partial charge in [-0.25, -0.2) is 13.2 Å². The summed E-state index contributed by atoms with van der Waals surface area (Å²) in [6.45, 7) is 4.91. The van der Waals surface area contributed by atoms with E-state index in [0.29, 0.717) is 23.7 Å². The van der Waals surface area contributed by atoms with Crippen LogP contribution in [-0.2, 0) is 21.2 Å². The zero-order chi connectivity index (χ0) is 21.7. The van der Waals surface area contributed by atoms with Crippen LogP contribution < -0.4 is 5.32 Å². The topological polar surface area (TPSA) is 92.8 Å². The Morgan fingerprint density at radius 3 is 2.53 bits per heavy atom. The van der Waals surface area contributed by atoms with Crippen molar-refractivity contribution < 1.29 is 22.7 Å². The Morgan fingerprint density at radius 2 is 1.87 bits per heavy atom. The number of carbonyl (C=O) groups excluding carboxylic acids is 2. The zero-order valence-electron chi connectivity index (χ0n) is 17.1. The number of rotatable bonds is 7. The third kappa shape index (κ3) is 4.91. The molecule has 30 heavy (non-hydrogen) atoms. The van der Waals surface area contributed by atoms with Gasteiger partial charge in [0.1, 0.15) is 5.00 Å². The highest BCUT2D eigenvalue weighted by atomic mass is 32.2. The van der Waals surface area contributed by atoms with Crippen LogP contribution in [-0.4, -0.2) is 44.3 Å². The minimum absolute atomic E-state index is 0.100. The molecule has 0 radical (unpaired) electrons. The van der Waals surface area contributed by atoms with E-state index in [2.05, 4.69) is 5.32 Å². The number of nitrogens with one attached hydrogen (secondary N) is 1. The highest BCUT2D eigenvalue weighted by Crippen LogP contribution is 2.30. The largest absolute Gasteiger partial charge is 0.462 e. The van der Waals surface area contributed by atoms with Gasteiger partial charge in [-0.05, 0) is 50.5 Å². The van der Waals surface area contributed by atoms with Gasteiger partial charge in [-0.3, -0.25) is 4.79 Å². The van der Waals surface area contributed by atoms with Gasteiger partial charge in [0.25, 0.3) is 5.91 Å². The monoisotopic (exact) mass is 450 g/mol. The molecular weight excluding hydrogens is 424 g/mol. The van der Waals surface area contributed by atoms with Crippen LogP contribution in [0.15, 0.2) is 35.2 Å². The van der Waals surface area contributed by atoms with E-state index in [4.69, 9.17) is 4.74 Å². The average molecular weight is 451 g/mol. The van der Waals surface area contributed by atoms with Crippen molar-refractivity contribution in [1.29, 1.82) is 0 Å². The van der Waals surface area contributed by atoms with E-state index < -0.39 is 21.9 Å². The molecule has 2 heterocycles. The summed E-state index contributed by atoms with van der Waals surface area (Å²) in [7, 11) is -3.64. The summed E-state index contributed by atoms with van der Waals surface area (Å²) in [5.74, 6) is -0.967. The summed E-state index contributed by atoms with van der Waals surface area (Å²) >= 11 is 1.31. The molecule has 1 fully saturated rings. The molecule has 0 bridgehead atoms. The standard InChI is InChI=1S/C21H26N2O5S2/c1-3-16-14-18(21(25)28-4-2)20(29-16)22-19(24)15-9-8-10-17(13-15)30(26,27)23-11-6-5-7-12-23/h8-10,13-14H,3-7,11-12H2,1-2H3,(H,22,24). The van der Waals surface area contributed by atoms with Crippen LogP contribution in [0.5, 0.6) is 0 Å². The van der Waals surface area contributed by atoms with Crippen molar-refractivity contribution in [2.45, 2.75) is 44.4 Å². The summed E-state index contributed by atoms with van der Waals surface area (Å²) < 4.78 is 32.4. The molecule has 0 spiro atoms. The maximum atomic E-state index is 12.9. The fraction of sp³-hybridized carbons (Fsp3) is 0.429. The van der Waals surface area contributed by atoms with Crippen molar-refractivity contribution in [3.05, 3.63) is 46.3 Å². The van der Waals surface area contributed by atoms with Gasteiger partial charge in [-0.1, -0.05) is 19.4 Å². The smallest absolute Gasteiger partial charge is 0.341 e. The predicted octanol–water partition coefficient (Wildman–Crippen LogP) is 3.91. The van der Waals surface area contributed by atoms with Gasteiger partial charge in [-0.2, -0.15) is 4.31 Å². The van der Waals surface area contributed by atoms with Gasteiger partial charge in [0.15, 0.2) is 0 Å². The van der Waals surface area contributed by atoms with Crippen molar-refractivity contribution in [3.63, 3.8) is 0 Å². The summed E-state index contributed by atoms with van der Waals surface area (Å²) in [6, 6.07) is 7.73. The molecule has 1 aliphatic rings. The van der Waals surface area contributed by atoms with Gasteiger partial charge >= 0.3 is 5.97 Å². The van der Waals surface area contributed by atoms with Gasteiger partial charge in [0.2, 0.25) is 10.0 Å². The number of piperidine rings is 1. The lowest BCUT2D eigenvalue weighted by Gasteiger charge is -2.26. The van der Waals surface area contributed by atoms with Crippen molar-refractivity contribution in [2.24, 2.45) is 0 Å². The third-order valence-corrected chi connectivity index (χ3v) is 7.99. The van der Waals surface area contributed by atoms with E-state index >= 15 is 0 Å². The molecule has 0 unspecified atom stereocenters. The second kappa shape index (κ2) is 9.72. The van der Waals surface area contributed by atoms with Crippen LogP contribution in [0, 0.1) is 0 Å². The second-order valence-electron chi connectivity index (χ2n) is 6.98. The van der Waals surface area contributed by atoms with Crippen molar-refractivity contribution >= 4 is 38.2 Å². The number of thiophene rings is 1. The Hall–Kier alpha value is -2.23. The van der Waals surface area contributed by atoms with Crippen LogP contribution in [0.25, 0.3) is 0 Å². The fourth-order valence-corrected chi connectivity index (χ4v) is 5.84. The Balaban J connectivity index is 1.84. The number of hydrogen-bond donors (Lipinski definition) is 1. The minimum Gasteiger partial charge on any atom is -0.462 e. The highest BCUT2D eigenvalue weighted by molar-refractivity contribution is 7.89. The van der Waals surface area contributed by atoms with Crippen molar-refractivity contribution in [3.8, 4) is 0 Å². The maximum absolute atomic E-state index is 12.9. The molecule has 1 amide bonds. The Labute approximate surface area is 181 Å². The minimum atomic E-state index is -3.64. The van der Waals surface area contributed by atoms with Crippen molar-refractivity contribution in [1.82, 2.24) is 4.31 Å². The number of sulfonamides is 1. The lowest BCUT2D eigenvalue weighted by molar-refractivity contribution is 0.0528. The van der Waals surface area contributed by atoms with E-state index in [1.807, 2.05) is 6.92 Å². The molecule has 2 aromatic rings. The summed E-state index contributed by atoms with van der Waals surface area (Å²) in [5, 5.41) is 3.15. The first kappa shape index (κ1) is 22.5. The van der Waals surface area contributed by atoms with Crippen molar-refractivity contribution in [2.75, 3.05) is 25.0 Å². The summed E-state index contributed by atoms with van der Waals surface area (Å²) in [6.07, 6.45) is 3.43. The molecule has 3 rings (SSSR count). The molecule has 1 aromatic heterocycles. The second-order valence-corrected chi connectivity index (χ2v) is 10.1. The Morgan fingerprint density at radius 1 is 1.13 bits per heavy atom. The molecule has 1 saturated heterocycles. The lowest BCUT2D eigenvalue weighted by atomic mass is 10.2. The maximum Gasteiger partial charge on any atom is 0.341 e. The molecule has 0 atom stereocenters. The van der Waals surface area contributed by atoms with E-state index in [-0.39, 0.29) is 17.1 Å². The van der Waals surface area contributed by atoms with Gasteiger partial charge in [0, 0.05) is 23.5 Å². The van der Waals surface area contributed by atoms with Crippen LogP contribution in [0.3, 0.4) is 0 Å². The van der Waals surface area contributed by atoms with E-state index in [9.17, 15) is 18.0 Å². The molecule has 0 saturated carbocycles. The van der Waals surface area contributed by atoms with Crippen LogP contribution in [0.4, 0.5) is 5.00 Å². The van der Waals surface area contributed by atoms with Crippen LogP contribution >= 0.6 is 11.3 Å². The lowest BCUT2D eigenvalue weighted by Crippen LogP contribution is -2.35. The van der Waals surface area contributed by atoms with Crippen LogP contribution in [0.1, 0.15) is 58.7 Å². The molecule has 0 aliphatic carbocycles. The van der Waals surface area contributed by atoms with E-state index in [1.54, 1.807) is 25.1 Å². The number of nitrogens with zero attached hydrogens (tertiary/aromatic N) is 1. The number of esters is 1. The first-order chi connectivity index (χ1) is 14.4. The molecule has 9 heteroatoms. The number of ether oxygens (including phenoxy) is 1. The average Bonchev–Trinajstić information content (AvgIpc) is 3.17. The first-order valence-electron chi connectivity index (χ1n) is 10.1. The Kier molecular flexibility index (Phi) is 7.27. The number of carbonyl (C=O) groups is 2. The SMILES string of the molecule is CCOC(=O)c1cc(CC)sc1NC(=O)c1cccc(S(=O)(=O)N2CCCCC2)c1. The first-order valence-corrected chi connectivity index (χ1v) is 12.3. The third-order valence-electron chi connectivity index (χ3n) is 4.90. The quantitative estimate of drug-likeness (QED) is 0.646. The zero-order valence-corrected chi connectivity index (χ0v) is 18.8. The number of hydrogen-bond acceptors (Lipinski definition) is 6. The predicted molar refractivity (Wildman–Crippen MR) is 117 cm³/mol. The van der Waals surface area contributed by atoms with Gasteiger partial charge in [0.05, 0.1) is 17.1 Å². The summed E-state index contributed by atoms with van der Waals surface area (Å²) in [4.78, 5) is 26.1. The highest BCUT2D eigenvalue weighted by Gasteiger charge is 2.27. The molecule has 7 nitrogen and oxygen atoms in total. The molecule has 1 N–H and O–H groups in total. The van der Waals surface area contributed by atoms with E-state index in [0.717, 1.165) is 30.6 Å². The molecular formula is C21H26N2O5S2. The number of benzene rings is 1. The van der Waals surface area contributed by atoms with Gasteiger partial charge in [-0.15, -0.1) is 11.3 Å². The molecule has 1 aromatic carbocycles.